The Morgan fingerprint density at radius 2 is 2.11 bits per heavy atom. The van der Waals surface area contributed by atoms with Gasteiger partial charge in [-0.05, 0) is 24.1 Å². The summed E-state index contributed by atoms with van der Waals surface area (Å²) >= 11 is 1.12. The van der Waals surface area contributed by atoms with E-state index in [1.807, 2.05) is 0 Å². The number of aliphatic hydroxyl groups excluding tert-OH is 2. The molecule has 19 heavy (non-hydrogen) atoms. The van der Waals surface area contributed by atoms with Crippen LogP contribution in [0.3, 0.4) is 0 Å². The maximum Gasteiger partial charge on any atom is 0.185 e. The van der Waals surface area contributed by atoms with Crippen LogP contribution >= 0.6 is 11.8 Å². The number of carbonyl (C=O) groups is 1. The van der Waals surface area contributed by atoms with Crippen molar-refractivity contribution in [2.75, 3.05) is 18.6 Å². The number of anilines is 1. The molecule has 0 bridgehead atoms. The molecular formula is C13H19NO4S. The molecule has 0 aliphatic rings. The van der Waals surface area contributed by atoms with Gasteiger partial charge in [0.1, 0.15) is 11.9 Å². The first-order chi connectivity index (χ1) is 8.93. The van der Waals surface area contributed by atoms with Crippen LogP contribution in [-0.2, 0) is 4.79 Å². The van der Waals surface area contributed by atoms with E-state index in [9.17, 15) is 15.0 Å². The molecule has 106 valence electrons. The van der Waals surface area contributed by atoms with E-state index < -0.39 is 12.2 Å². The fourth-order valence-electron chi connectivity index (χ4n) is 1.64. The Hall–Kier alpha value is -1.24. The molecule has 6 heteroatoms. The van der Waals surface area contributed by atoms with Crippen LogP contribution in [0.5, 0.6) is 5.75 Å². The summed E-state index contributed by atoms with van der Waals surface area (Å²) in [7, 11) is 1.50. The zero-order valence-corrected chi connectivity index (χ0v) is 11.8. The van der Waals surface area contributed by atoms with Crippen molar-refractivity contribution in [2.45, 2.75) is 25.6 Å². The van der Waals surface area contributed by atoms with Crippen LogP contribution in [0, 0.1) is 0 Å². The van der Waals surface area contributed by atoms with Crippen molar-refractivity contribution in [1.82, 2.24) is 0 Å². The minimum Gasteiger partial charge on any atom is -0.497 e. The lowest BCUT2D eigenvalue weighted by atomic mass is 10.0. The Bertz CT molecular complexity index is 439. The summed E-state index contributed by atoms with van der Waals surface area (Å²) in [6, 6.07) is 4.85. The number of rotatable bonds is 6. The molecule has 0 radical (unpaired) electrons. The van der Waals surface area contributed by atoms with Gasteiger partial charge in [0, 0.05) is 24.4 Å². The number of benzene rings is 1. The third-order valence-electron chi connectivity index (χ3n) is 2.61. The van der Waals surface area contributed by atoms with Gasteiger partial charge in [0.25, 0.3) is 0 Å². The van der Waals surface area contributed by atoms with E-state index in [2.05, 4.69) is 0 Å². The molecule has 0 heterocycles. The molecule has 1 aromatic carbocycles. The number of nitrogen functional groups attached to an aromatic ring is 1. The van der Waals surface area contributed by atoms with E-state index >= 15 is 0 Å². The number of hydrogen-bond acceptors (Lipinski definition) is 6. The Kier molecular flexibility index (Phi) is 6.14. The minimum absolute atomic E-state index is 0.00712. The van der Waals surface area contributed by atoms with Gasteiger partial charge in [-0.15, -0.1) is 0 Å². The SMILES string of the molecule is COc1cc(N)cc(C(O)C(O)CCSC(C)=O)c1. The molecule has 5 nitrogen and oxygen atoms in total. The molecule has 1 rings (SSSR count). The van der Waals surface area contributed by atoms with Crippen molar-refractivity contribution in [2.24, 2.45) is 0 Å². The Morgan fingerprint density at radius 3 is 2.68 bits per heavy atom. The molecule has 0 aromatic heterocycles. The Labute approximate surface area is 116 Å². The monoisotopic (exact) mass is 285 g/mol. The Balaban J connectivity index is 2.67. The number of methoxy groups -OCH3 is 1. The molecule has 4 N–H and O–H groups in total. The zero-order valence-electron chi connectivity index (χ0n) is 11.0. The maximum atomic E-state index is 10.8. The quantitative estimate of drug-likeness (QED) is 0.683. The Morgan fingerprint density at radius 1 is 1.42 bits per heavy atom. The number of nitrogens with two attached hydrogens (primary N) is 1. The number of hydrogen-bond donors (Lipinski definition) is 3. The van der Waals surface area contributed by atoms with Crippen molar-refractivity contribution >= 4 is 22.6 Å². The third kappa shape index (κ3) is 5.10. The van der Waals surface area contributed by atoms with Crippen LogP contribution < -0.4 is 10.5 Å². The first kappa shape index (κ1) is 15.8. The van der Waals surface area contributed by atoms with E-state index in [0.717, 1.165) is 11.8 Å². The fourth-order valence-corrected chi connectivity index (χ4v) is 2.28. The number of ether oxygens (including phenoxy) is 1. The van der Waals surface area contributed by atoms with Gasteiger partial charge < -0.3 is 20.7 Å². The molecule has 0 aliphatic heterocycles. The largest absolute Gasteiger partial charge is 0.497 e. The summed E-state index contributed by atoms with van der Waals surface area (Å²) in [6.45, 7) is 1.47. The van der Waals surface area contributed by atoms with Gasteiger partial charge in [-0.3, -0.25) is 4.79 Å². The van der Waals surface area contributed by atoms with Crippen LogP contribution in [0.25, 0.3) is 0 Å². The van der Waals surface area contributed by atoms with Crippen LogP contribution in [-0.4, -0.2) is 34.3 Å². The standard InChI is InChI=1S/C13H19NO4S/c1-8(15)19-4-3-12(16)13(17)9-5-10(14)7-11(6-9)18-2/h5-7,12-13,16-17H,3-4,14H2,1-2H3. The molecule has 0 amide bonds. The van der Waals surface area contributed by atoms with Crippen molar-refractivity contribution in [1.29, 1.82) is 0 Å². The highest BCUT2D eigenvalue weighted by molar-refractivity contribution is 8.13. The van der Waals surface area contributed by atoms with Crippen molar-refractivity contribution in [3.63, 3.8) is 0 Å². The lowest BCUT2D eigenvalue weighted by molar-refractivity contribution is -0.109. The second-order valence-corrected chi connectivity index (χ2v) is 5.45. The predicted molar refractivity (Wildman–Crippen MR) is 76.1 cm³/mol. The second-order valence-electron chi connectivity index (χ2n) is 4.18. The fraction of sp³-hybridized carbons (Fsp3) is 0.462. The van der Waals surface area contributed by atoms with E-state index in [0.29, 0.717) is 29.2 Å². The normalized spacial score (nSPS) is 13.9. The summed E-state index contributed by atoms with van der Waals surface area (Å²) in [6.07, 6.45) is -1.67. The molecule has 2 atom stereocenters. The van der Waals surface area contributed by atoms with E-state index in [4.69, 9.17) is 10.5 Å². The lowest BCUT2D eigenvalue weighted by Crippen LogP contribution is -2.19. The molecule has 0 fully saturated rings. The van der Waals surface area contributed by atoms with Gasteiger partial charge in [0.05, 0.1) is 13.2 Å². The molecule has 0 aliphatic carbocycles. The minimum atomic E-state index is -1.05. The van der Waals surface area contributed by atoms with Gasteiger partial charge in [-0.25, -0.2) is 0 Å². The van der Waals surface area contributed by atoms with Crippen molar-refractivity contribution < 1.29 is 19.7 Å². The highest BCUT2D eigenvalue weighted by Gasteiger charge is 2.19. The van der Waals surface area contributed by atoms with E-state index in [-0.39, 0.29) is 5.12 Å². The van der Waals surface area contributed by atoms with E-state index in [1.165, 1.54) is 14.0 Å². The summed E-state index contributed by atoms with van der Waals surface area (Å²) in [5.41, 5.74) is 6.65. The van der Waals surface area contributed by atoms with Gasteiger partial charge in [0.2, 0.25) is 0 Å². The predicted octanol–water partition coefficient (Wildman–Crippen LogP) is 1.34. The first-order valence-electron chi connectivity index (χ1n) is 5.88. The molecule has 0 saturated heterocycles. The maximum absolute atomic E-state index is 10.8. The molecule has 0 saturated carbocycles. The molecule has 1 aromatic rings. The summed E-state index contributed by atoms with van der Waals surface area (Å²) in [5.74, 6) is 0.992. The van der Waals surface area contributed by atoms with Gasteiger partial charge in [0.15, 0.2) is 5.12 Å². The van der Waals surface area contributed by atoms with Crippen LogP contribution in [0.4, 0.5) is 5.69 Å². The van der Waals surface area contributed by atoms with E-state index in [1.54, 1.807) is 18.2 Å². The average Bonchev–Trinajstić information content (AvgIpc) is 2.36. The highest BCUT2D eigenvalue weighted by atomic mass is 32.2. The van der Waals surface area contributed by atoms with Crippen molar-refractivity contribution in [3.8, 4) is 5.75 Å². The smallest absolute Gasteiger partial charge is 0.185 e. The third-order valence-corrected chi connectivity index (χ3v) is 3.46. The van der Waals surface area contributed by atoms with Crippen LogP contribution in [0.1, 0.15) is 25.0 Å². The lowest BCUT2D eigenvalue weighted by Gasteiger charge is -2.18. The van der Waals surface area contributed by atoms with Crippen LogP contribution in [0.2, 0.25) is 0 Å². The topological polar surface area (TPSA) is 92.8 Å². The highest BCUT2D eigenvalue weighted by Crippen LogP contribution is 2.26. The number of aliphatic hydroxyl groups is 2. The van der Waals surface area contributed by atoms with Gasteiger partial charge in [-0.1, -0.05) is 11.8 Å². The second kappa shape index (κ2) is 7.37. The summed E-state index contributed by atoms with van der Waals surface area (Å²) in [4.78, 5) is 10.8. The number of carbonyl (C=O) groups excluding carboxylic acids is 1. The van der Waals surface area contributed by atoms with Gasteiger partial charge >= 0.3 is 0 Å². The first-order valence-corrected chi connectivity index (χ1v) is 6.86. The average molecular weight is 285 g/mol. The van der Waals surface area contributed by atoms with Gasteiger partial charge in [-0.2, -0.15) is 0 Å². The molecule has 2 unspecified atom stereocenters. The number of thioether (sulfide) groups is 1. The van der Waals surface area contributed by atoms with Crippen LogP contribution in [0.15, 0.2) is 18.2 Å². The summed E-state index contributed by atoms with van der Waals surface area (Å²) in [5, 5.41) is 19.9. The molecular weight excluding hydrogens is 266 g/mol. The zero-order chi connectivity index (χ0) is 14.4. The summed E-state index contributed by atoms with van der Waals surface area (Å²) < 4.78 is 5.06. The van der Waals surface area contributed by atoms with Crippen molar-refractivity contribution in [3.05, 3.63) is 23.8 Å². The molecule has 0 spiro atoms.